The maximum Gasteiger partial charge on any atom is 0.119 e. The molecule has 2 rings (SSSR count). The van der Waals surface area contributed by atoms with Gasteiger partial charge in [-0.05, 0) is 62.9 Å². The highest BCUT2D eigenvalue weighted by Crippen LogP contribution is 2.18. The van der Waals surface area contributed by atoms with Crippen LogP contribution in [-0.4, -0.2) is 23.4 Å². The summed E-state index contributed by atoms with van der Waals surface area (Å²) in [5.74, 6) is 1.32. The van der Waals surface area contributed by atoms with Crippen LogP contribution >= 0.6 is 0 Å². The Bertz CT molecular complexity index is 577. The van der Waals surface area contributed by atoms with Crippen molar-refractivity contribution in [2.45, 2.75) is 33.2 Å². The standard InChI is InChI=1S/C17H25N3O/c1-4-20-16(8-13(2)19-20)10-15(12-18)9-14-6-5-7-17(11-14)21-3/h5-8,11,15H,4,9-10,12,18H2,1-3H3. The van der Waals surface area contributed by atoms with Gasteiger partial charge in [-0.2, -0.15) is 5.10 Å². The van der Waals surface area contributed by atoms with Crippen LogP contribution < -0.4 is 10.5 Å². The first-order chi connectivity index (χ1) is 10.2. The van der Waals surface area contributed by atoms with Gasteiger partial charge in [0, 0.05) is 12.2 Å². The first kappa shape index (κ1) is 15.6. The number of ether oxygens (including phenoxy) is 1. The second-order valence-corrected chi connectivity index (χ2v) is 5.45. The molecule has 1 aromatic heterocycles. The van der Waals surface area contributed by atoms with E-state index in [9.17, 15) is 0 Å². The van der Waals surface area contributed by atoms with Crippen molar-refractivity contribution in [1.82, 2.24) is 9.78 Å². The predicted molar refractivity (Wildman–Crippen MR) is 85.6 cm³/mol. The maximum absolute atomic E-state index is 5.98. The molecule has 4 heteroatoms. The second kappa shape index (κ2) is 7.27. The van der Waals surface area contributed by atoms with E-state index in [1.54, 1.807) is 7.11 Å². The molecule has 0 fully saturated rings. The Morgan fingerprint density at radius 1 is 1.29 bits per heavy atom. The van der Waals surface area contributed by atoms with Gasteiger partial charge in [0.05, 0.1) is 12.8 Å². The van der Waals surface area contributed by atoms with E-state index >= 15 is 0 Å². The fourth-order valence-corrected chi connectivity index (χ4v) is 2.70. The highest BCUT2D eigenvalue weighted by Gasteiger charge is 2.13. The maximum atomic E-state index is 5.98. The van der Waals surface area contributed by atoms with Gasteiger partial charge in [0.2, 0.25) is 0 Å². The second-order valence-electron chi connectivity index (χ2n) is 5.45. The molecule has 2 aromatic rings. The zero-order valence-corrected chi connectivity index (χ0v) is 13.2. The lowest BCUT2D eigenvalue weighted by atomic mass is 9.94. The summed E-state index contributed by atoms with van der Waals surface area (Å²) >= 11 is 0. The van der Waals surface area contributed by atoms with Crippen molar-refractivity contribution < 1.29 is 4.74 Å². The van der Waals surface area contributed by atoms with Gasteiger partial charge in [0.15, 0.2) is 0 Å². The van der Waals surface area contributed by atoms with Gasteiger partial charge >= 0.3 is 0 Å². The molecule has 0 radical (unpaired) electrons. The number of aromatic nitrogens is 2. The van der Waals surface area contributed by atoms with Crippen LogP contribution in [0.25, 0.3) is 0 Å². The van der Waals surface area contributed by atoms with Gasteiger partial charge in [-0.3, -0.25) is 4.68 Å². The number of nitrogens with two attached hydrogens (primary N) is 1. The molecule has 0 saturated heterocycles. The van der Waals surface area contributed by atoms with Crippen LogP contribution in [0.5, 0.6) is 5.75 Å². The Morgan fingerprint density at radius 2 is 2.10 bits per heavy atom. The molecule has 0 aliphatic heterocycles. The lowest BCUT2D eigenvalue weighted by Crippen LogP contribution is -2.21. The largest absolute Gasteiger partial charge is 0.497 e. The van der Waals surface area contributed by atoms with E-state index in [1.165, 1.54) is 11.3 Å². The highest BCUT2D eigenvalue weighted by atomic mass is 16.5. The Kier molecular flexibility index (Phi) is 5.39. The van der Waals surface area contributed by atoms with Crippen molar-refractivity contribution in [3.8, 4) is 5.75 Å². The summed E-state index contributed by atoms with van der Waals surface area (Å²) in [5, 5.41) is 4.51. The van der Waals surface area contributed by atoms with Crippen LogP contribution in [0, 0.1) is 12.8 Å². The number of nitrogens with zero attached hydrogens (tertiary/aromatic N) is 2. The zero-order chi connectivity index (χ0) is 15.2. The summed E-state index contributed by atoms with van der Waals surface area (Å²) in [6.07, 6.45) is 1.92. The average Bonchev–Trinajstić information content (AvgIpc) is 2.86. The summed E-state index contributed by atoms with van der Waals surface area (Å²) in [6, 6.07) is 10.4. The van der Waals surface area contributed by atoms with Crippen LogP contribution in [0.15, 0.2) is 30.3 Å². The number of rotatable bonds is 7. The molecule has 1 heterocycles. The molecule has 0 amide bonds. The van der Waals surface area contributed by atoms with Crippen LogP contribution in [0.1, 0.15) is 23.9 Å². The van der Waals surface area contributed by atoms with Crippen molar-refractivity contribution in [3.05, 3.63) is 47.3 Å². The fourth-order valence-electron chi connectivity index (χ4n) is 2.70. The number of hydrogen-bond acceptors (Lipinski definition) is 3. The molecule has 0 bridgehead atoms. The van der Waals surface area contributed by atoms with E-state index in [-0.39, 0.29) is 0 Å². The molecule has 1 unspecified atom stereocenters. The monoisotopic (exact) mass is 287 g/mol. The number of hydrogen-bond donors (Lipinski definition) is 1. The lowest BCUT2D eigenvalue weighted by molar-refractivity contribution is 0.413. The van der Waals surface area contributed by atoms with E-state index in [4.69, 9.17) is 10.5 Å². The van der Waals surface area contributed by atoms with Crippen molar-refractivity contribution in [3.63, 3.8) is 0 Å². The fraction of sp³-hybridized carbons (Fsp3) is 0.471. The Balaban J connectivity index is 2.08. The predicted octanol–water partition coefficient (Wildman–Crippen LogP) is 2.58. The molecule has 0 aliphatic carbocycles. The topological polar surface area (TPSA) is 53.1 Å². The normalized spacial score (nSPS) is 12.4. The average molecular weight is 287 g/mol. The number of benzene rings is 1. The minimum absolute atomic E-state index is 0.415. The zero-order valence-electron chi connectivity index (χ0n) is 13.2. The third-order valence-electron chi connectivity index (χ3n) is 3.77. The summed E-state index contributed by atoms with van der Waals surface area (Å²) < 4.78 is 7.36. The Labute approximate surface area is 126 Å². The molecular weight excluding hydrogens is 262 g/mol. The number of methoxy groups -OCH3 is 1. The van der Waals surface area contributed by atoms with E-state index in [2.05, 4.69) is 34.9 Å². The SMILES string of the molecule is CCn1nc(C)cc1CC(CN)Cc1cccc(OC)c1. The quantitative estimate of drug-likeness (QED) is 0.851. The third-order valence-corrected chi connectivity index (χ3v) is 3.77. The van der Waals surface area contributed by atoms with E-state index in [0.717, 1.165) is 30.8 Å². The summed E-state index contributed by atoms with van der Waals surface area (Å²) in [4.78, 5) is 0. The summed E-state index contributed by atoms with van der Waals surface area (Å²) in [5.41, 5.74) is 9.59. The van der Waals surface area contributed by atoms with Crippen LogP contribution in [-0.2, 0) is 19.4 Å². The van der Waals surface area contributed by atoms with Crippen molar-refractivity contribution in [1.29, 1.82) is 0 Å². The van der Waals surface area contributed by atoms with Crippen LogP contribution in [0.3, 0.4) is 0 Å². The molecule has 0 saturated carbocycles. The Morgan fingerprint density at radius 3 is 2.76 bits per heavy atom. The molecule has 114 valence electrons. The lowest BCUT2D eigenvalue weighted by Gasteiger charge is -2.16. The molecule has 4 nitrogen and oxygen atoms in total. The van der Waals surface area contributed by atoms with E-state index in [0.29, 0.717) is 12.5 Å². The van der Waals surface area contributed by atoms with E-state index < -0.39 is 0 Å². The third kappa shape index (κ3) is 4.08. The van der Waals surface area contributed by atoms with Crippen LogP contribution in [0.4, 0.5) is 0 Å². The number of aryl methyl sites for hydroxylation is 2. The first-order valence-electron chi connectivity index (χ1n) is 7.52. The van der Waals surface area contributed by atoms with Crippen molar-refractivity contribution in [2.24, 2.45) is 11.7 Å². The Hall–Kier alpha value is -1.81. The molecule has 0 aliphatic rings. The van der Waals surface area contributed by atoms with E-state index in [1.807, 2.05) is 19.1 Å². The minimum Gasteiger partial charge on any atom is -0.497 e. The van der Waals surface area contributed by atoms with Gasteiger partial charge in [-0.15, -0.1) is 0 Å². The molecule has 1 atom stereocenters. The summed E-state index contributed by atoms with van der Waals surface area (Å²) in [6.45, 7) is 5.73. The molecule has 21 heavy (non-hydrogen) atoms. The molecule has 2 N–H and O–H groups in total. The van der Waals surface area contributed by atoms with Gasteiger partial charge in [0.1, 0.15) is 5.75 Å². The molecule has 0 spiro atoms. The van der Waals surface area contributed by atoms with Gasteiger partial charge < -0.3 is 10.5 Å². The molecular formula is C17H25N3O. The van der Waals surface area contributed by atoms with Gasteiger partial charge in [0.25, 0.3) is 0 Å². The summed E-state index contributed by atoms with van der Waals surface area (Å²) in [7, 11) is 1.70. The highest BCUT2D eigenvalue weighted by molar-refractivity contribution is 5.28. The molecule has 1 aromatic carbocycles. The smallest absolute Gasteiger partial charge is 0.119 e. The minimum atomic E-state index is 0.415. The van der Waals surface area contributed by atoms with Crippen LogP contribution in [0.2, 0.25) is 0 Å². The van der Waals surface area contributed by atoms with Crippen molar-refractivity contribution >= 4 is 0 Å². The van der Waals surface area contributed by atoms with Gasteiger partial charge in [-0.1, -0.05) is 12.1 Å². The van der Waals surface area contributed by atoms with Crippen molar-refractivity contribution in [2.75, 3.05) is 13.7 Å². The first-order valence-corrected chi connectivity index (χ1v) is 7.52. The van der Waals surface area contributed by atoms with Gasteiger partial charge in [-0.25, -0.2) is 0 Å².